The summed E-state index contributed by atoms with van der Waals surface area (Å²) >= 11 is 0. The van der Waals surface area contributed by atoms with Crippen LogP contribution in [0.25, 0.3) is 11.1 Å². The largest absolute Gasteiger partial charge is 0.441 e. The van der Waals surface area contributed by atoms with E-state index in [1.807, 2.05) is 0 Å². The van der Waals surface area contributed by atoms with Crippen LogP contribution in [0.4, 0.5) is 10.1 Å². The molecule has 1 N–H and O–H groups in total. The Morgan fingerprint density at radius 1 is 1.25 bits per heavy atom. The van der Waals surface area contributed by atoms with Crippen molar-refractivity contribution in [3.8, 4) is 0 Å². The lowest BCUT2D eigenvalue weighted by Gasteiger charge is -2.05. The van der Waals surface area contributed by atoms with Crippen molar-refractivity contribution in [1.29, 1.82) is 0 Å². The van der Waals surface area contributed by atoms with Gasteiger partial charge in [0, 0.05) is 12.5 Å². The van der Waals surface area contributed by atoms with E-state index in [9.17, 15) is 9.18 Å². The number of carbonyl (C=O) groups excluding carboxylic acids is 1. The number of nitrogens with one attached hydrogen (secondary N) is 1. The molecule has 0 saturated heterocycles. The van der Waals surface area contributed by atoms with E-state index < -0.39 is 11.7 Å². The maximum Gasteiger partial charge on any atom is 0.255 e. The van der Waals surface area contributed by atoms with Gasteiger partial charge in [-0.15, -0.1) is 0 Å². The molecule has 3 aromatic rings. The standard InChI is InChI=1S/C15H11FN2O2/c1-9-17-13-7-6-10(8-14(13)20-9)15(19)18-12-5-3-2-4-11(12)16/h2-8H,1H3,(H,18,19). The molecule has 1 amide bonds. The quantitative estimate of drug-likeness (QED) is 0.775. The van der Waals surface area contributed by atoms with Crippen molar-refractivity contribution in [3.63, 3.8) is 0 Å². The highest BCUT2D eigenvalue weighted by Crippen LogP contribution is 2.19. The maximum absolute atomic E-state index is 13.5. The Morgan fingerprint density at radius 2 is 2.05 bits per heavy atom. The molecule has 0 bridgehead atoms. The second-order valence-corrected chi connectivity index (χ2v) is 4.35. The summed E-state index contributed by atoms with van der Waals surface area (Å²) < 4.78 is 18.8. The molecule has 0 aliphatic carbocycles. The zero-order valence-corrected chi connectivity index (χ0v) is 10.7. The number of amides is 1. The van der Waals surface area contributed by atoms with Crippen molar-refractivity contribution >= 4 is 22.7 Å². The van der Waals surface area contributed by atoms with E-state index >= 15 is 0 Å². The van der Waals surface area contributed by atoms with Crippen LogP contribution < -0.4 is 5.32 Å². The first kappa shape index (κ1) is 12.3. The lowest BCUT2D eigenvalue weighted by molar-refractivity contribution is 0.102. The van der Waals surface area contributed by atoms with Gasteiger partial charge >= 0.3 is 0 Å². The molecule has 0 atom stereocenters. The average molecular weight is 270 g/mol. The topological polar surface area (TPSA) is 55.1 Å². The fraction of sp³-hybridized carbons (Fsp3) is 0.0667. The molecule has 1 aromatic heterocycles. The van der Waals surface area contributed by atoms with Crippen LogP contribution in [0.3, 0.4) is 0 Å². The molecule has 0 aliphatic rings. The zero-order valence-electron chi connectivity index (χ0n) is 10.7. The summed E-state index contributed by atoms with van der Waals surface area (Å²) in [6.07, 6.45) is 0. The number of hydrogen-bond donors (Lipinski definition) is 1. The summed E-state index contributed by atoms with van der Waals surface area (Å²) in [5.41, 5.74) is 1.75. The summed E-state index contributed by atoms with van der Waals surface area (Å²) in [4.78, 5) is 16.2. The molecule has 0 fully saturated rings. The third-order valence-electron chi connectivity index (χ3n) is 2.88. The van der Waals surface area contributed by atoms with Crippen molar-refractivity contribution in [2.24, 2.45) is 0 Å². The van der Waals surface area contributed by atoms with Gasteiger partial charge in [-0.25, -0.2) is 9.37 Å². The van der Waals surface area contributed by atoms with Crippen molar-refractivity contribution < 1.29 is 13.6 Å². The SMILES string of the molecule is Cc1nc2ccc(C(=O)Nc3ccccc3F)cc2o1. The Morgan fingerprint density at radius 3 is 2.85 bits per heavy atom. The summed E-state index contributed by atoms with van der Waals surface area (Å²) in [5.74, 6) is -0.338. The number of para-hydroxylation sites is 1. The van der Waals surface area contributed by atoms with Crippen LogP contribution in [-0.4, -0.2) is 10.9 Å². The van der Waals surface area contributed by atoms with E-state index in [1.54, 1.807) is 37.3 Å². The fourth-order valence-electron chi connectivity index (χ4n) is 1.94. The minimum absolute atomic E-state index is 0.145. The van der Waals surface area contributed by atoms with Crippen molar-refractivity contribution in [2.75, 3.05) is 5.32 Å². The van der Waals surface area contributed by atoms with E-state index in [-0.39, 0.29) is 5.69 Å². The van der Waals surface area contributed by atoms with Gasteiger partial charge in [0.05, 0.1) is 5.69 Å². The van der Waals surface area contributed by atoms with Crippen LogP contribution in [-0.2, 0) is 0 Å². The molecule has 20 heavy (non-hydrogen) atoms. The summed E-state index contributed by atoms with van der Waals surface area (Å²) in [5, 5.41) is 2.52. The molecule has 3 rings (SSSR count). The highest BCUT2D eigenvalue weighted by molar-refractivity contribution is 6.05. The smallest absolute Gasteiger partial charge is 0.255 e. The summed E-state index contributed by atoms with van der Waals surface area (Å²) in [6.45, 7) is 1.74. The number of hydrogen-bond acceptors (Lipinski definition) is 3. The molecule has 2 aromatic carbocycles. The van der Waals surface area contributed by atoms with Gasteiger partial charge in [-0.3, -0.25) is 4.79 Å². The third-order valence-corrected chi connectivity index (χ3v) is 2.88. The minimum atomic E-state index is -0.475. The first-order chi connectivity index (χ1) is 9.63. The lowest BCUT2D eigenvalue weighted by Crippen LogP contribution is -2.12. The molecule has 1 heterocycles. The van der Waals surface area contributed by atoms with Gasteiger partial charge < -0.3 is 9.73 Å². The van der Waals surface area contributed by atoms with E-state index in [4.69, 9.17) is 4.42 Å². The lowest BCUT2D eigenvalue weighted by atomic mass is 10.2. The van der Waals surface area contributed by atoms with Crippen LogP contribution in [0.15, 0.2) is 46.9 Å². The summed E-state index contributed by atoms with van der Waals surface area (Å²) in [7, 11) is 0. The Bertz CT molecular complexity index is 795. The molecule has 0 saturated carbocycles. The second kappa shape index (κ2) is 4.77. The van der Waals surface area contributed by atoms with Crippen molar-refractivity contribution in [1.82, 2.24) is 4.98 Å². The van der Waals surface area contributed by atoms with E-state index in [2.05, 4.69) is 10.3 Å². The number of oxazole rings is 1. The number of nitrogens with zero attached hydrogens (tertiary/aromatic N) is 1. The van der Waals surface area contributed by atoms with Gasteiger partial charge in [-0.1, -0.05) is 12.1 Å². The van der Waals surface area contributed by atoms with E-state index in [0.29, 0.717) is 22.6 Å². The van der Waals surface area contributed by atoms with Gasteiger partial charge in [0.15, 0.2) is 11.5 Å². The van der Waals surface area contributed by atoms with Crippen LogP contribution in [0.1, 0.15) is 16.2 Å². The number of anilines is 1. The van der Waals surface area contributed by atoms with Gasteiger partial charge in [0.1, 0.15) is 11.3 Å². The number of benzene rings is 2. The van der Waals surface area contributed by atoms with Gasteiger partial charge in [-0.05, 0) is 30.3 Å². The van der Waals surface area contributed by atoms with Crippen LogP contribution in [0.2, 0.25) is 0 Å². The Labute approximate surface area is 114 Å². The Balaban J connectivity index is 1.90. The zero-order chi connectivity index (χ0) is 14.1. The molecule has 100 valence electrons. The average Bonchev–Trinajstić information content (AvgIpc) is 2.80. The molecule has 0 spiro atoms. The highest BCUT2D eigenvalue weighted by Gasteiger charge is 2.11. The first-order valence-electron chi connectivity index (χ1n) is 6.06. The maximum atomic E-state index is 13.5. The van der Waals surface area contributed by atoms with Crippen LogP contribution >= 0.6 is 0 Å². The van der Waals surface area contributed by atoms with E-state index in [1.165, 1.54) is 12.1 Å². The number of fused-ring (bicyclic) bond motifs is 1. The molecule has 0 aliphatic heterocycles. The number of halogens is 1. The Kier molecular flexibility index (Phi) is 2.95. The minimum Gasteiger partial charge on any atom is -0.441 e. The number of aryl methyl sites for hydroxylation is 1. The normalized spacial score (nSPS) is 10.7. The number of carbonyl (C=O) groups is 1. The number of rotatable bonds is 2. The van der Waals surface area contributed by atoms with Gasteiger partial charge in [-0.2, -0.15) is 0 Å². The van der Waals surface area contributed by atoms with E-state index in [0.717, 1.165) is 0 Å². The summed E-state index contributed by atoms with van der Waals surface area (Å²) in [6, 6.07) is 10.9. The number of aromatic nitrogens is 1. The molecule has 5 heteroatoms. The Hall–Kier alpha value is -2.69. The third kappa shape index (κ3) is 2.25. The van der Waals surface area contributed by atoms with Gasteiger partial charge in [0.2, 0.25) is 0 Å². The molecular weight excluding hydrogens is 259 g/mol. The van der Waals surface area contributed by atoms with Crippen molar-refractivity contribution in [3.05, 3.63) is 59.7 Å². The fourth-order valence-corrected chi connectivity index (χ4v) is 1.94. The second-order valence-electron chi connectivity index (χ2n) is 4.35. The van der Waals surface area contributed by atoms with Crippen LogP contribution in [0, 0.1) is 12.7 Å². The molecule has 0 radical (unpaired) electrons. The van der Waals surface area contributed by atoms with Crippen molar-refractivity contribution in [2.45, 2.75) is 6.92 Å². The predicted octanol–water partition coefficient (Wildman–Crippen LogP) is 3.53. The predicted molar refractivity (Wildman–Crippen MR) is 73.1 cm³/mol. The van der Waals surface area contributed by atoms with Crippen LogP contribution in [0.5, 0.6) is 0 Å². The highest BCUT2D eigenvalue weighted by atomic mass is 19.1. The molecule has 0 unspecified atom stereocenters. The van der Waals surface area contributed by atoms with Gasteiger partial charge in [0.25, 0.3) is 5.91 Å². The monoisotopic (exact) mass is 270 g/mol. The first-order valence-corrected chi connectivity index (χ1v) is 6.06. The molecular formula is C15H11FN2O2. The molecule has 4 nitrogen and oxygen atoms in total.